The number of benzene rings is 2. The van der Waals surface area contributed by atoms with Crippen LogP contribution in [0.5, 0.6) is 0 Å². The van der Waals surface area contributed by atoms with E-state index in [0.717, 1.165) is 55.4 Å². The lowest BCUT2D eigenvalue weighted by Gasteiger charge is -2.42. The Morgan fingerprint density at radius 1 is 0.878 bits per heavy atom. The number of hydrogen-bond acceptors (Lipinski definition) is 7. The molecule has 4 heterocycles. The third-order valence-electron chi connectivity index (χ3n) is 8.04. The Labute approximate surface area is 245 Å². The van der Waals surface area contributed by atoms with Crippen molar-refractivity contribution in [1.82, 2.24) is 30.3 Å². The minimum atomic E-state index is -0.668. The van der Waals surface area contributed by atoms with Crippen LogP contribution in [0.4, 0.5) is 5.82 Å². The predicted molar refractivity (Wildman–Crippen MR) is 160 cm³/mol. The minimum absolute atomic E-state index is 0.262. The zero-order chi connectivity index (χ0) is 28.2. The van der Waals surface area contributed by atoms with E-state index in [-0.39, 0.29) is 11.6 Å². The topological polar surface area (TPSA) is 77.5 Å². The lowest BCUT2D eigenvalue weighted by atomic mass is 9.79. The van der Waals surface area contributed by atoms with E-state index in [2.05, 4.69) is 67.4 Å². The Balaban J connectivity index is 1.34. The Morgan fingerprint density at radius 3 is 2.29 bits per heavy atom. The molecule has 2 aromatic carbocycles. The van der Waals surface area contributed by atoms with Crippen LogP contribution in [0.1, 0.15) is 35.0 Å². The van der Waals surface area contributed by atoms with E-state index in [4.69, 9.17) is 11.6 Å². The second kappa shape index (κ2) is 11.7. The summed E-state index contributed by atoms with van der Waals surface area (Å²) in [5.41, 5.74) is 7.22. The number of halogens is 1. The summed E-state index contributed by atoms with van der Waals surface area (Å²) in [7, 11) is 0. The molecule has 2 aliphatic rings. The number of carbonyl (C=O) groups excluding carboxylic acids is 1. The van der Waals surface area contributed by atoms with Gasteiger partial charge >= 0.3 is 0 Å². The van der Waals surface area contributed by atoms with E-state index < -0.39 is 5.54 Å². The van der Waals surface area contributed by atoms with Gasteiger partial charge in [0, 0.05) is 68.5 Å². The maximum absolute atomic E-state index is 13.5. The van der Waals surface area contributed by atoms with E-state index >= 15 is 0 Å². The molecule has 0 spiro atoms. The fourth-order valence-electron chi connectivity index (χ4n) is 5.90. The average molecular weight is 566 g/mol. The second-order valence-electron chi connectivity index (χ2n) is 10.4. The number of nitrogens with zero attached hydrogens (tertiary/aromatic N) is 6. The van der Waals surface area contributed by atoms with Crippen LogP contribution in [0.2, 0.25) is 5.02 Å². The van der Waals surface area contributed by atoms with Crippen molar-refractivity contribution < 1.29 is 4.79 Å². The van der Waals surface area contributed by atoms with Crippen LogP contribution in [0, 0.1) is 0 Å². The molecule has 1 saturated heterocycles. The molecule has 2 aliphatic heterocycles. The molecule has 4 aromatic rings. The summed E-state index contributed by atoms with van der Waals surface area (Å²) in [6, 6.07) is 24.3. The molecule has 6 rings (SSSR count). The smallest absolute Gasteiger partial charge is 0.290 e. The van der Waals surface area contributed by atoms with Crippen LogP contribution in [0.25, 0.3) is 0 Å². The van der Waals surface area contributed by atoms with Gasteiger partial charge in [-0.3, -0.25) is 25.1 Å². The Hall–Kier alpha value is -4.27. The third-order valence-corrected chi connectivity index (χ3v) is 8.29. The number of allylic oxidation sites excluding steroid dienone is 1. The van der Waals surface area contributed by atoms with Crippen LogP contribution in [-0.2, 0) is 5.54 Å². The Bertz CT molecular complexity index is 1510. The molecule has 1 fully saturated rings. The zero-order valence-corrected chi connectivity index (χ0v) is 23.7. The fraction of sp³-hybridized carbons (Fsp3) is 0.250. The highest BCUT2D eigenvalue weighted by Gasteiger charge is 2.48. The SMILES string of the molecule is CC1=C(CN2CCN(c3ccccn3)CC2)CC(c2ccccc2)(c2ccc(Cl)cc2)N1NC(=O)c1cnccn1. The molecule has 41 heavy (non-hydrogen) atoms. The van der Waals surface area contributed by atoms with Crippen LogP contribution in [-0.4, -0.2) is 63.5 Å². The number of carbonyl (C=O) groups is 1. The highest BCUT2D eigenvalue weighted by atomic mass is 35.5. The molecule has 1 unspecified atom stereocenters. The maximum atomic E-state index is 13.5. The molecule has 9 heteroatoms. The number of piperazine rings is 1. The van der Waals surface area contributed by atoms with Crippen molar-refractivity contribution in [1.29, 1.82) is 0 Å². The van der Waals surface area contributed by atoms with Gasteiger partial charge < -0.3 is 4.90 Å². The van der Waals surface area contributed by atoms with Crippen LogP contribution in [0.3, 0.4) is 0 Å². The van der Waals surface area contributed by atoms with Crippen molar-refractivity contribution in [3.63, 3.8) is 0 Å². The van der Waals surface area contributed by atoms with Gasteiger partial charge in [-0.25, -0.2) is 9.97 Å². The number of nitrogens with one attached hydrogen (secondary N) is 1. The van der Waals surface area contributed by atoms with Gasteiger partial charge in [-0.2, -0.15) is 0 Å². The number of rotatable bonds is 7. The van der Waals surface area contributed by atoms with Crippen molar-refractivity contribution >= 4 is 23.3 Å². The van der Waals surface area contributed by atoms with Crippen LogP contribution in [0.15, 0.2) is 109 Å². The van der Waals surface area contributed by atoms with Crippen molar-refractivity contribution in [2.45, 2.75) is 18.9 Å². The van der Waals surface area contributed by atoms with Gasteiger partial charge in [-0.15, -0.1) is 0 Å². The molecule has 1 amide bonds. The van der Waals surface area contributed by atoms with Crippen LogP contribution >= 0.6 is 11.6 Å². The van der Waals surface area contributed by atoms with Gasteiger partial charge in [-0.1, -0.05) is 60.1 Å². The summed E-state index contributed by atoms with van der Waals surface area (Å²) in [4.78, 5) is 31.2. The van der Waals surface area contributed by atoms with Gasteiger partial charge in [-0.05, 0) is 47.9 Å². The first-order chi connectivity index (χ1) is 20.0. The van der Waals surface area contributed by atoms with Crippen LogP contribution < -0.4 is 10.3 Å². The van der Waals surface area contributed by atoms with Gasteiger partial charge in [0.25, 0.3) is 5.91 Å². The maximum Gasteiger partial charge on any atom is 0.290 e. The molecule has 1 N–H and O–H groups in total. The van der Waals surface area contributed by atoms with Crippen molar-refractivity contribution in [3.05, 3.63) is 131 Å². The highest BCUT2D eigenvalue weighted by Crippen LogP contribution is 2.48. The number of aromatic nitrogens is 3. The quantitative estimate of drug-likeness (QED) is 0.341. The normalized spacial score (nSPS) is 19.5. The molecule has 0 saturated carbocycles. The number of hydrazine groups is 1. The fourth-order valence-corrected chi connectivity index (χ4v) is 6.03. The first-order valence-corrected chi connectivity index (χ1v) is 14.2. The first-order valence-electron chi connectivity index (χ1n) is 13.8. The number of anilines is 1. The average Bonchev–Trinajstić information content (AvgIpc) is 3.30. The van der Waals surface area contributed by atoms with Gasteiger partial charge in [0.2, 0.25) is 0 Å². The molecule has 8 nitrogen and oxygen atoms in total. The van der Waals surface area contributed by atoms with E-state index in [9.17, 15) is 4.79 Å². The summed E-state index contributed by atoms with van der Waals surface area (Å²) in [6.07, 6.45) is 7.13. The largest absolute Gasteiger partial charge is 0.354 e. The molecular formula is C32H32ClN7O. The molecule has 2 aromatic heterocycles. The third kappa shape index (κ3) is 5.40. The first kappa shape index (κ1) is 26.9. The molecule has 0 bridgehead atoms. The lowest BCUT2D eigenvalue weighted by Crippen LogP contribution is -2.52. The summed E-state index contributed by atoms with van der Waals surface area (Å²) < 4.78 is 0. The standard InChI is InChI=1S/C32H32ClN7O/c1-24-25(23-38-17-19-39(20-18-38)30-9-5-6-14-36-30)21-32(26-7-3-2-4-8-26,27-10-12-28(33)13-11-27)40(24)37-31(41)29-22-34-15-16-35-29/h2-16,22H,17-21,23H2,1H3,(H,37,41). The predicted octanol–water partition coefficient (Wildman–Crippen LogP) is 4.92. The van der Waals surface area contributed by atoms with Crippen molar-refractivity contribution in [2.24, 2.45) is 0 Å². The molecule has 208 valence electrons. The zero-order valence-electron chi connectivity index (χ0n) is 22.9. The van der Waals surface area contributed by atoms with E-state index in [1.54, 1.807) is 6.20 Å². The number of amides is 1. The molecule has 0 aliphatic carbocycles. The van der Waals surface area contributed by atoms with Gasteiger partial charge in [0.15, 0.2) is 0 Å². The minimum Gasteiger partial charge on any atom is -0.354 e. The molecular weight excluding hydrogens is 534 g/mol. The monoisotopic (exact) mass is 565 g/mol. The van der Waals surface area contributed by atoms with Crippen molar-refractivity contribution in [2.75, 3.05) is 37.6 Å². The summed E-state index contributed by atoms with van der Waals surface area (Å²) in [5, 5.41) is 2.70. The van der Waals surface area contributed by atoms with E-state index in [1.807, 2.05) is 53.7 Å². The summed E-state index contributed by atoms with van der Waals surface area (Å²) >= 11 is 6.33. The summed E-state index contributed by atoms with van der Waals surface area (Å²) in [6.45, 7) is 6.59. The van der Waals surface area contributed by atoms with Gasteiger partial charge in [0.1, 0.15) is 17.1 Å². The molecule has 1 atom stereocenters. The summed E-state index contributed by atoms with van der Waals surface area (Å²) in [5.74, 6) is 0.712. The van der Waals surface area contributed by atoms with E-state index in [0.29, 0.717) is 11.4 Å². The second-order valence-corrected chi connectivity index (χ2v) is 10.9. The number of pyridine rings is 1. The van der Waals surface area contributed by atoms with Crippen molar-refractivity contribution in [3.8, 4) is 0 Å². The Kier molecular flexibility index (Phi) is 7.67. The van der Waals surface area contributed by atoms with Gasteiger partial charge in [0.05, 0.1) is 6.20 Å². The lowest BCUT2D eigenvalue weighted by molar-refractivity contribution is 0.0688. The highest BCUT2D eigenvalue weighted by molar-refractivity contribution is 6.30. The number of hydrogen-bond donors (Lipinski definition) is 1. The Morgan fingerprint density at radius 2 is 1.61 bits per heavy atom. The molecule has 0 radical (unpaired) electrons. The van der Waals surface area contributed by atoms with E-state index in [1.165, 1.54) is 18.0 Å².